The van der Waals surface area contributed by atoms with E-state index in [1.165, 1.54) is 16.7 Å². The van der Waals surface area contributed by atoms with Gasteiger partial charge < -0.3 is 5.32 Å². The minimum absolute atomic E-state index is 0.932. The van der Waals surface area contributed by atoms with E-state index >= 15 is 0 Å². The molecule has 0 amide bonds. The summed E-state index contributed by atoms with van der Waals surface area (Å²) in [6.45, 7) is 3.04. The maximum Gasteiger partial charge on any atom is 0.0401 e. The molecule has 0 aromatic heterocycles. The second-order valence-electron chi connectivity index (χ2n) is 3.30. The molecule has 0 spiro atoms. The molecule has 0 atom stereocenters. The summed E-state index contributed by atoms with van der Waals surface area (Å²) in [5, 5.41) is 3.25. The molecule has 66 valence electrons. The topological polar surface area (TPSA) is 12.0 Å². The quantitative estimate of drug-likeness (QED) is 0.684. The number of rotatable bonds is 1. The molecule has 0 fully saturated rings. The molecule has 1 heteroatoms. The molecule has 0 saturated heterocycles. The van der Waals surface area contributed by atoms with Crippen molar-refractivity contribution in [2.45, 2.75) is 6.92 Å². The minimum atomic E-state index is 0.932. The molecule has 0 aliphatic carbocycles. The molecule has 1 aliphatic rings. The van der Waals surface area contributed by atoms with Crippen LogP contribution in [0, 0.1) is 0 Å². The first-order valence-corrected chi connectivity index (χ1v) is 4.52. The molecule has 0 saturated carbocycles. The zero-order chi connectivity index (χ0) is 9.10. The fourth-order valence-electron chi connectivity index (χ4n) is 1.53. The zero-order valence-corrected chi connectivity index (χ0v) is 7.75. The molecule has 1 aliphatic heterocycles. The predicted octanol–water partition coefficient (Wildman–Crippen LogP) is 2.58. The monoisotopic (exact) mass is 171 g/mol. The smallest absolute Gasteiger partial charge is 0.0401 e. The molecular formula is C12H13N. The number of hydrogen-bond acceptors (Lipinski definition) is 1. The van der Waals surface area contributed by atoms with Crippen LogP contribution in [0.15, 0.2) is 48.2 Å². The zero-order valence-electron chi connectivity index (χ0n) is 7.75. The number of benzene rings is 1. The van der Waals surface area contributed by atoms with Crippen LogP contribution in [0.3, 0.4) is 0 Å². The lowest BCUT2D eigenvalue weighted by Crippen LogP contribution is -2.13. The number of allylic oxidation sites excluding steroid dienone is 2. The fraction of sp³-hybridized carbons (Fsp3) is 0.167. The molecule has 1 nitrogen and oxygen atoms in total. The van der Waals surface area contributed by atoms with Crippen molar-refractivity contribution in [1.82, 2.24) is 5.32 Å². The van der Waals surface area contributed by atoms with Crippen LogP contribution in [-0.2, 0) is 0 Å². The Morgan fingerprint density at radius 3 is 2.62 bits per heavy atom. The van der Waals surface area contributed by atoms with Gasteiger partial charge in [0.2, 0.25) is 0 Å². The third kappa shape index (κ3) is 1.81. The summed E-state index contributed by atoms with van der Waals surface area (Å²) in [4.78, 5) is 0. The molecule has 0 radical (unpaired) electrons. The van der Waals surface area contributed by atoms with Crippen LogP contribution in [0.25, 0.3) is 5.57 Å². The highest BCUT2D eigenvalue weighted by molar-refractivity contribution is 5.70. The maximum absolute atomic E-state index is 3.25. The highest BCUT2D eigenvalue weighted by Gasteiger charge is 2.03. The Morgan fingerprint density at radius 2 is 1.92 bits per heavy atom. The molecular weight excluding hydrogens is 158 g/mol. The third-order valence-corrected chi connectivity index (χ3v) is 2.17. The van der Waals surface area contributed by atoms with E-state index in [-0.39, 0.29) is 0 Å². The van der Waals surface area contributed by atoms with Crippen LogP contribution in [0.2, 0.25) is 0 Å². The molecule has 1 heterocycles. The molecule has 13 heavy (non-hydrogen) atoms. The molecule has 0 unspecified atom stereocenters. The summed E-state index contributed by atoms with van der Waals surface area (Å²) in [7, 11) is 0. The minimum Gasteiger partial charge on any atom is -0.387 e. The van der Waals surface area contributed by atoms with Gasteiger partial charge in [0.05, 0.1) is 0 Å². The van der Waals surface area contributed by atoms with Gasteiger partial charge in [0.15, 0.2) is 0 Å². The van der Waals surface area contributed by atoms with Crippen LogP contribution < -0.4 is 5.32 Å². The fourth-order valence-corrected chi connectivity index (χ4v) is 1.53. The van der Waals surface area contributed by atoms with Crippen LogP contribution in [0.1, 0.15) is 12.5 Å². The van der Waals surface area contributed by atoms with Crippen molar-refractivity contribution >= 4 is 5.57 Å². The number of hydrogen-bond donors (Lipinski definition) is 1. The van der Waals surface area contributed by atoms with Gasteiger partial charge >= 0.3 is 0 Å². The lowest BCUT2D eigenvalue weighted by molar-refractivity contribution is 0.969. The van der Waals surface area contributed by atoms with Gasteiger partial charge in [-0.3, -0.25) is 0 Å². The average molecular weight is 171 g/mol. The summed E-state index contributed by atoms with van der Waals surface area (Å²) in [5.41, 5.74) is 3.95. The second kappa shape index (κ2) is 3.48. The normalized spacial score (nSPS) is 15.8. The van der Waals surface area contributed by atoms with Crippen molar-refractivity contribution < 1.29 is 0 Å². The van der Waals surface area contributed by atoms with E-state index < -0.39 is 0 Å². The van der Waals surface area contributed by atoms with E-state index in [2.05, 4.69) is 42.6 Å². The van der Waals surface area contributed by atoms with Gasteiger partial charge in [-0.05, 0) is 29.8 Å². The van der Waals surface area contributed by atoms with Crippen molar-refractivity contribution in [3.63, 3.8) is 0 Å². The molecule has 1 N–H and O–H groups in total. The van der Waals surface area contributed by atoms with Crippen molar-refractivity contribution in [3.05, 3.63) is 53.7 Å². The van der Waals surface area contributed by atoms with Gasteiger partial charge in [-0.2, -0.15) is 0 Å². The average Bonchev–Trinajstić information content (AvgIpc) is 2.19. The van der Waals surface area contributed by atoms with Crippen molar-refractivity contribution in [2.75, 3.05) is 6.54 Å². The lowest BCUT2D eigenvalue weighted by atomic mass is 10.0. The number of dihydropyridines is 1. The van der Waals surface area contributed by atoms with Crippen molar-refractivity contribution in [3.8, 4) is 0 Å². The summed E-state index contributed by atoms with van der Waals surface area (Å²) in [6, 6.07) is 10.5. The van der Waals surface area contributed by atoms with E-state index in [9.17, 15) is 0 Å². The van der Waals surface area contributed by atoms with Crippen LogP contribution in [0.4, 0.5) is 0 Å². The summed E-state index contributed by atoms with van der Waals surface area (Å²) in [6.07, 6.45) is 4.28. The summed E-state index contributed by atoms with van der Waals surface area (Å²) >= 11 is 0. The summed E-state index contributed by atoms with van der Waals surface area (Å²) in [5.74, 6) is 0. The Morgan fingerprint density at radius 1 is 1.15 bits per heavy atom. The second-order valence-corrected chi connectivity index (χ2v) is 3.30. The Kier molecular flexibility index (Phi) is 2.17. The molecule has 1 aromatic rings. The van der Waals surface area contributed by atoms with E-state index in [1.54, 1.807) is 0 Å². The van der Waals surface area contributed by atoms with Gasteiger partial charge in [0, 0.05) is 6.54 Å². The molecule has 0 bridgehead atoms. The Labute approximate surface area is 78.8 Å². The Hall–Kier alpha value is -1.50. The van der Waals surface area contributed by atoms with Gasteiger partial charge in [-0.25, -0.2) is 0 Å². The van der Waals surface area contributed by atoms with E-state index in [4.69, 9.17) is 0 Å². The lowest BCUT2D eigenvalue weighted by Gasteiger charge is -2.13. The first kappa shape index (κ1) is 8.11. The predicted molar refractivity (Wildman–Crippen MR) is 56.2 cm³/mol. The number of nitrogens with one attached hydrogen (secondary N) is 1. The van der Waals surface area contributed by atoms with E-state index in [0.717, 1.165) is 6.54 Å². The van der Waals surface area contributed by atoms with Gasteiger partial charge in [0.25, 0.3) is 0 Å². The first-order valence-electron chi connectivity index (χ1n) is 4.52. The van der Waals surface area contributed by atoms with E-state index in [1.807, 2.05) is 12.3 Å². The maximum atomic E-state index is 3.25. The van der Waals surface area contributed by atoms with Gasteiger partial charge in [0.1, 0.15) is 0 Å². The van der Waals surface area contributed by atoms with Crippen LogP contribution >= 0.6 is 0 Å². The van der Waals surface area contributed by atoms with Crippen molar-refractivity contribution in [1.29, 1.82) is 0 Å². The van der Waals surface area contributed by atoms with Crippen molar-refractivity contribution in [2.24, 2.45) is 0 Å². The van der Waals surface area contributed by atoms with Gasteiger partial charge in [-0.15, -0.1) is 0 Å². The summed E-state index contributed by atoms with van der Waals surface area (Å²) < 4.78 is 0. The van der Waals surface area contributed by atoms with Crippen LogP contribution in [-0.4, -0.2) is 6.54 Å². The van der Waals surface area contributed by atoms with Gasteiger partial charge in [-0.1, -0.05) is 36.4 Å². The SMILES string of the molecule is CC1=CNCC(c2ccccc2)=C1. The molecule has 2 rings (SSSR count). The van der Waals surface area contributed by atoms with E-state index in [0.29, 0.717) is 0 Å². The largest absolute Gasteiger partial charge is 0.387 e. The third-order valence-electron chi connectivity index (χ3n) is 2.17. The molecule has 1 aromatic carbocycles. The first-order chi connectivity index (χ1) is 6.36. The highest BCUT2D eigenvalue weighted by atomic mass is 14.8. The standard InChI is InChI=1S/C12H13N/c1-10-7-12(9-13-8-10)11-5-3-2-4-6-11/h2-8,13H,9H2,1H3. The Bertz CT molecular complexity index is 347. The Balaban J connectivity index is 2.32. The highest BCUT2D eigenvalue weighted by Crippen LogP contribution is 2.17. The van der Waals surface area contributed by atoms with Crippen LogP contribution in [0.5, 0.6) is 0 Å².